The third kappa shape index (κ3) is 8.64. The Kier molecular flexibility index (Phi) is 12.5. The molecule has 0 bridgehead atoms. The molecule has 2 aliphatic heterocycles. The van der Waals surface area contributed by atoms with Crippen LogP contribution >= 0.6 is 0 Å². The van der Waals surface area contributed by atoms with Crippen molar-refractivity contribution >= 4 is 40.5 Å². The molecule has 15 nitrogen and oxygen atoms in total. The van der Waals surface area contributed by atoms with Crippen LogP contribution in [0.15, 0.2) is 23.3 Å². The summed E-state index contributed by atoms with van der Waals surface area (Å²) >= 11 is 0. The van der Waals surface area contributed by atoms with Gasteiger partial charge in [-0.3, -0.25) is 24.2 Å². The molecule has 4 rings (SSSR count). The van der Waals surface area contributed by atoms with Crippen LogP contribution in [0.2, 0.25) is 0 Å². The number of nitrogens with one attached hydrogen (secondary N) is 3. The van der Waals surface area contributed by atoms with Crippen LogP contribution in [-0.2, 0) is 46.4 Å². The summed E-state index contributed by atoms with van der Waals surface area (Å²) in [5.41, 5.74) is 1.64. The molecule has 1 atom stereocenters. The largest absolute Gasteiger partial charge is 0.458 e. The molecule has 0 saturated carbocycles. The fourth-order valence-corrected chi connectivity index (χ4v) is 5.98. The van der Waals surface area contributed by atoms with Gasteiger partial charge in [0, 0.05) is 43.7 Å². The van der Waals surface area contributed by atoms with Crippen molar-refractivity contribution in [2.45, 2.75) is 72.4 Å². The van der Waals surface area contributed by atoms with Gasteiger partial charge < -0.3 is 44.9 Å². The van der Waals surface area contributed by atoms with E-state index < -0.39 is 23.4 Å². The molecule has 15 heteroatoms. The molecule has 0 radical (unpaired) electrons. The summed E-state index contributed by atoms with van der Waals surface area (Å²) in [6.07, 6.45) is 1.47. The molecular weight excluding hydrogens is 638 g/mol. The minimum Gasteiger partial charge on any atom is -0.458 e. The molecule has 4 N–H and O–H groups in total. The van der Waals surface area contributed by atoms with Crippen LogP contribution in [0, 0.1) is 6.92 Å². The highest BCUT2D eigenvalue weighted by Crippen LogP contribution is 2.38. The molecule has 4 amide bonds. The highest BCUT2D eigenvalue weighted by Gasteiger charge is 2.45. The molecule has 49 heavy (non-hydrogen) atoms. The number of esters is 1. The first kappa shape index (κ1) is 37.1. The quantitative estimate of drug-likeness (QED) is 0.113. The zero-order valence-electron chi connectivity index (χ0n) is 28.7. The zero-order valence-corrected chi connectivity index (χ0v) is 28.7. The molecule has 0 saturated heterocycles. The smallest absolute Gasteiger partial charge is 0.342 e. The second-order valence-electron chi connectivity index (χ2n) is 11.8. The lowest BCUT2D eigenvalue weighted by Gasteiger charge is -2.33. The Morgan fingerprint density at radius 1 is 1.02 bits per heavy atom. The van der Waals surface area contributed by atoms with E-state index in [4.69, 9.17) is 23.9 Å². The Morgan fingerprint density at radius 3 is 2.43 bits per heavy atom. The summed E-state index contributed by atoms with van der Waals surface area (Å²) in [5, 5.41) is 19.6. The van der Waals surface area contributed by atoms with E-state index in [1.165, 1.54) is 6.92 Å². The zero-order chi connectivity index (χ0) is 35.7. The van der Waals surface area contributed by atoms with Gasteiger partial charge in [-0.2, -0.15) is 0 Å². The van der Waals surface area contributed by atoms with Crippen LogP contribution in [0.4, 0.5) is 0 Å². The number of fused-ring (bicyclic) bond motifs is 2. The van der Waals surface area contributed by atoms with Gasteiger partial charge >= 0.3 is 5.97 Å². The van der Waals surface area contributed by atoms with Crippen LogP contribution in [0.1, 0.15) is 63.8 Å². The molecule has 2 aromatic rings. The summed E-state index contributed by atoms with van der Waals surface area (Å²) in [5.74, 6) is -1.14. The standard InChI is InChI=1S/C34H45N5O10/c1-6-10-39(31(42)17-46-18-37-30(41)15-35-21(5)40)11-9-22-23-12-28-29(49-19-48-28)13-27(23)38-20(4)24(22)14-36-32(43)25-16-47-33(44)34(45,8-3)26(25)7-2/h12-13,45H,6-11,14-19H2,1-5H3,(H,35,40)(H,36,43)(H,37,41)/t34-/m0/s1. The number of aryl methyl sites for hydroxylation is 1. The van der Waals surface area contributed by atoms with Crippen LogP contribution in [0.3, 0.4) is 0 Å². The Hall–Kier alpha value is -4.76. The number of hydrogen-bond donors (Lipinski definition) is 4. The second-order valence-corrected chi connectivity index (χ2v) is 11.8. The van der Waals surface area contributed by atoms with E-state index in [0.717, 1.165) is 16.5 Å². The van der Waals surface area contributed by atoms with Gasteiger partial charge in [-0.15, -0.1) is 0 Å². The lowest BCUT2D eigenvalue weighted by Crippen LogP contribution is -2.47. The molecule has 0 spiro atoms. The average molecular weight is 684 g/mol. The van der Waals surface area contributed by atoms with Crippen LogP contribution in [0.25, 0.3) is 10.9 Å². The number of rotatable bonds is 16. The number of aliphatic hydroxyl groups is 1. The van der Waals surface area contributed by atoms with E-state index in [-0.39, 0.29) is 63.6 Å². The summed E-state index contributed by atoms with van der Waals surface area (Å²) in [6.45, 7) is 8.60. The number of carbonyl (C=O) groups excluding carboxylic acids is 5. The van der Waals surface area contributed by atoms with Crippen LogP contribution < -0.4 is 25.4 Å². The second kappa shape index (κ2) is 16.6. The third-order valence-electron chi connectivity index (χ3n) is 8.59. The van der Waals surface area contributed by atoms with E-state index in [9.17, 15) is 29.1 Å². The maximum Gasteiger partial charge on any atom is 0.342 e. The molecule has 2 aliphatic rings. The number of cyclic esters (lactones) is 1. The Morgan fingerprint density at radius 2 is 1.76 bits per heavy atom. The number of benzene rings is 1. The van der Waals surface area contributed by atoms with Crippen molar-refractivity contribution in [3.63, 3.8) is 0 Å². The van der Waals surface area contributed by atoms with Crippen molar-refractivity contribution in [2.24, 2.45) is 0 Å². The minimum absolute atomic E-state index is 0.0744. The first-order valence-electron chi connectivity index (χ1n) is 16.4. The molecule has 3 heterocycles. The van der Waals surface area contributed by atoms with Crippen molar-refractivity contribution in [3.8, 4) is 11.5 Å². The van der Waals surface area contributed by atoms with E-state index >= 15 is 0 Å². The number of nitrogens with zero attached hydrogens (tertiary/aromatic N) is 2. The van der Waals surface area contributed by atoms with E-state index in [1.807, 2.05) is 19.9 Å². The number of carbonyl (C=O) groups is 5. The molecule has 1 aromatic heterocycles. The SMILES string of the molecule is CCCN(CCc1c(CNC(=O)C2=C(CC)[C@@](O)(CC)C(=O)OC2)c(C)nc2cc3c(cc12)OCO3)C(=O)COCNC(=O)CNC(C)=O. The minimum atomic E-state index is -1.86. The van der Waals surface area contributed by atoms with Crippen LogP contribution in [0.5, 0.6) is 11.5 Å². The van der Waals surface area contributed by atoms with Crippen molar-refractivity contribution in [2.75, 3.05) is 46.4 Å². The van der Waals surface area contributed by atoms with Gasteiger partial charge in [-0.05, 0) is 55.4 Å². The van der Waals surface area contributed by atoms with Crippen LogP contribution in [-0.4, -0.2) is 96.6 Å². The van der Waals surface area contributed by atoms with E-state index in [2.05, 4.69) is 16.0 Å². The highest BCUT2D eigenvalue weighted by molar-refractivity contribution is 5.99. The maximum atomic E-state index is 13.5. The normalized spacial score (nSPS) is 16.7. The molecular formula is C34H45N5O10. The van der Waals surface area contributed by atoms with E-state index in [1.54, 1.807) is 24.8 Å². The molecule has 0 fully saturated rings. The molecule has 0 aliphatic carbocycles. The lowest BCUT2D eigenvalue weighted by atomic mass is 9.83. The third-order valence-corrected chi connectivity index (χ3v) is 8.59. The molecule has 0 unspecified atom stereocenters. The predicted molar refractivity (Wildman–Crippen MR) is 176 cm³/mol. The summed E-state index contributed by atoms with van der Waals surface area (Å²) in [7, 11) is 0. The number of aromatic nitrogens is 1. The Labute approximate surface area is 284 Å². The summed E-state index contributed by atoms with van der Waals surface area (Å²) < 4.78 is 21.8. The fraction of sp³-hybridized carbons (Fsp3) is 0.529. The van der Waals surface area contributed by atoms with Gasteiger partial charge in [0.2, 0.25) is 24.5 Å². The number of hydrogen-bond acceptors (Lipinski definition) is 11. The van der Waals surface area contributed by atoms with Gasteiger partial charge in [0.05, 0.1) is 17.6 Å². The number of pyridine rings is 1. The Bertz CT molecular complexity index is 1640. The van der Waals surface area contributed by atoms with Gasteiger partial charge in [0.15, 0.2) is 17.1 Å². The average Bonchev–Trinajstić information content (AvgIpc) is 3.54. The van der Waals surface area contributed by atoms with Crippen molar-refractivity contribution in [1.82, 2.24) is 25.8 Å². The number of amides is 4. The first-order chi connectivity index (χ1) is 23.4. The maximum absolute atomic E-state index is 13.5. The number of ether oxygens (including phenoxy) is 4. The van der Waals surface area contributed by atoms with Gasteiger partial charge in [-0.25, -0.2) is 4.79 Å². The van der Waals surface area contributed by atoms with Crippen molar-refractivity contribution < 1.29 is 48.0 Å². The van der Waals surface area contributed by atoms with Crippen molar-refractivity contribution in [1.29, 1.82) is 0 Å². The monoisotopic (exact) mass is 683 g/mol. The fourth-order valence-electron chi connectivity index (χ4n) is 5.98. The Balaban J connectivity index is 1.55. The molecule has 1 aromatic carbocycles. The summed E-state index contributed by atoms with van der Waals surface area (Å²) in [4.78, 5) is 68.4. The molecule has 266 valence electrons. The lowest BCUT2D eigenvalue weighted by molar-refractivity contribution is -0.163. The topological polar surface area (TPSA) is 195 Å². The van der Waals surface area contributed by atoms with Gasteiger partial charge in [-0.1, -0.05) is 20.8 Å². The van der Waals surface area contributed by atoms with Gasteiger partial charge in [0.1, 0.15) is 19.9 Å². The summed E-state index contributed by atoms with van der Waals surface area (Å²) in [6, 6.07) is 3.66. The van der Waals surface area contributed by atoms with Gasteiger partial charge in [0.25, 0.3) is 5.91 Å². The highest BCUT2D eigenvalue weighted by atomic mass is 16.7. The predicted octanol–water partition coefficient (Wildman–Crippen LogP) is 1.30. The van der Waals surface area contributed by atoms with Crippen molar-refractivity contribution in [3.05, 3.63) is 40.1 Å². The first-order valence-corrected chi connectivity index (χ1v) is 16.4. The van der Waals surface area contributed by atoms with E-state index in [0.29, 0.717) is 60.6 Å².